The van der Waals surface area contributed by atoms with Crippen LogP contribution in [0.2, 0.25) is 0 Å². The minimum atomic E-state index is 0.678. The summed E-state index contributed by atoms with van der Waals surface area (Å²) in [6, 6.07) is 7.56. The number of nitrogens with zero attached hydrogens (tertiary/aromatic N) is 1. The molecule has 0 bridgehead atoms. The van der Waals surface area contributed by atoms with E-state index in [0.29, 0.717) is 6.04 Å². The SMILES string of the molecule is CCNc1cc(C)c2ccn([C@@H]3CCCC[C@@H]3C)c2c1. The molecule has 1 aromatic heterocycles. The lowest BCUT2D eigenvalue weighted by atomic mass is 9.85. The molecule has 0 unspecified atom stereocenters. The zero-order chi connectivity index (χ0) is 14.1. The number of benzene rings is 1. The van der Waals surface area contributed by atoms with Crippen LogP contribution >= 0.6 is 0 Å². The third kappa shape index (κ3) is 2.32. The number of rotatable bonds is 3. The summed E-state index contributed by atoms with van der Waals surface area (Å²) < 4.78 is 2.53. The van der Waals surface area contributed by atoms with Crippen molar-refractivity contribution in [3.8, 4) is 0 Å². The molecule has 2 nitrogen and oxygen atoms in total. The van der Waals surface area contributed by atoms with E-state index >= 15 is 0 Å². The lowest BCUT2D eigenvalue weighted by Gasteiger charge is -2.31. The minimum Gasteiger partial charge on any atom is -0.385 e. The number of hydrogen-bond acceptors (Lipinski definition) is 1. The van der Waals surface area contributed by atoms with Crippen LogP contribution in [0.3, 0.4) is 0 Å². The van der Waals surface area contributed by atoms with Crippen molar-refractivity contribution in [2.24, 2.45) is 5.92 Å². The summed E-state index contributed by atoms with van der Waals surface area (Å²) in [5.74, 6) is 0.794. The van der Waals surface area contributed by atoms with Gasteiger partial charge in [-0.25, -0.2) is 0 Å². The molecule has 1 aromatic carbocycles. The van der Waals surface area contributed by atoms with Crippen molar-refractivity contribution in [1.29, 1.82) is 0 Å². The van der Waals surface area contributed by atoms with Gasteiger partial charge in [0.15, 0.2) is 0 Å². The molecule has 2 aromatic rings. The molecule has 1 saturated carbocycles. The van der Waals surface area contributed by atoms with E-state index in [2.05, 4.69) is 55.1 Å². The standard InChI is InChI=1S/C18H26N2/c1-4-19-15-11-14(3)16-9-10-20(18(16)12-15)17-8-6-5-7-13(17)2/h9-13,17,19H,4-8H2,1-3H3/t13-,17+/m0/s1. The highest BCUT2D eigenvalue weighted by Gasteiger charge is 2.23. The predicted octanol–water partition coefficient (Wildman–Crippen LogP) is 5.13. The summed E-state index contributed by atoms with van der Waals surface area (Å²) in [4.78, 5) is 0. The fourth-order valence-corrected chi connectivity index (χ4v) is 3.75. The van der Waals surface area contributed by atoms with Gasteiger partial charge >= 0.3 is 0 Å². The normalized spacial score (nSPS) is 23.1. The Bertz CT molecular complexity index is 597. The molecule has 0 amide bonds. The van der Waals surface area contributed by atoms with Gasteiger partial charge < -0.3 is 9.88 Å². The highest BCUT2D eigenvalue weighted by Crippen LogP contribution is 2.37. The first kappa shape index (κ1) is 13.5. The maximum Gasteiger partial charge on any atom is 0.0506 e. The van der Waals surface area contributed by atoms with Gasteiger partial charge in [-0.3, -0.25) is 0 Å². The first-order valence-corrected chi connectivity index (χ1v) is 8.05. The van der Waals surface area contributed by atoms with E-state index in [1.165, 1.54) is 47.8 Å². The molecule has 0 radical (unpaired) electrons. The van der Waals surface area contributed by atoms with Crippen LogP contribution in [-0.4, -0.2) is 11.1 Å². The highest BCUT2D eigenvalue weighted by atomic mass is 15.0. The van der Waals surface area contributed by atoms with Gasteiger partial charge in [-0.15, -0.1) is 0 Å². The van der Waals surface area contributed by atoms with E-state index in [9.17, 15) is 0 Å². The smallest absolute Gasteiger partial charge is 0.0506 e. The number of aryl methyl sites for hydroxylation is 1. The lowest BCUT2D eigenvalue weighted by molar-refractivity contribution is 0.263. The summed E-state index contributed by atoms with van der Waals surface area (Å²) in [6.45, 7) is 7.77. The fourth-order valence-electron chi connectivity index (χ4n) is 3.75. The largest absolute Gasteiger partial charge is 0.385 e. The number of anilines is 1. The Morgan fingerprint density at radius 3 is 2.80 bits per heavy atom. The summed E-state index contributed by atoms with van der Waals surface area (Å²) in [6.07, 6.45) is 7.78. The number of fused-ring (bicyclic) bond motifs is 1. The number of nitrogens with one attached hydrogen (secondary N) is 1. The van der Waals surface area contributed by atoms with Crippen LogP contribution in [0.5, 0.6) is 0 Å². The van der Waals surface area contributed by atoms with Crippen LogP contribution in [0.25, 0.3) is 10.9 Å². The topological polar surface area (TPSA) is 17.0 Å². The van der Waals surface area contributed by atoms with E-state index < -0.39 is 0 Å². The van der Waals surface area contributed by atoms with E-state index in [4.69, 9.17) is 0 Å². The maximum absolute atomic E-state index is 3.46. The monoisotopic (exact) mass is 270 g/mol. The van der Waals surface area contributed by atoms with Gasteiger partial charge in [0.05, 0.1) is 5.52 Å². The molecule has 0 saturated heterocycles. The molecule has 20 heavy (non-hydrogen) atoms. The second-order valence-corrected chi connectivity index (χ2v) is 6.31. The third-order valence-corrected chi connectivity index (χ3v) is 4.85. The summed E-state index contributed by atoms with van der Waals surface area (Å²) in [5, 5.41) is 4.87. The minimum absolute atomic E-state index is 0.678. The molecule has 2 atom stereocenters. The maximum atomic E-state index is 3.46. The first-order valence-electron chi connectivity index (χ1n) is 8.05. The molecule has 2 heteroatoms. The van der Waals surface area contributed by atoms with Crippen LogP contribution in [0.4, 0.5) is 5.69 Å². The van der Waals surface area contributed by atoms with Gasteiger partial charge in [-0.05, 0) is 56.4 Å². The second kappa shape index (κ2) is 5.51. The van der Waals surface area contributed by atoms with Gasteiger partial charge in [-0.1, -0.05) is 19.8 Å². The summed E-state index contributed by atoms with van der Waals surface area (Å²) >= 11 is 0. The zero-order valence-electron chi connectivity index (χ0n) is 12.9. The Kier molecular flexibility index (Phi) is 3.73. The summed E-state index contributed by atoms with van der Waals surface area (Å²) in [5.41, 5.74) is 4.03. The molecule has 0 aliphatic heterocycles. The van der Waals surface area contributed by atoms with Gasteiger partial charge in [0.25, 0.3) is 0 Å². The molecule has 1 aliphatic carbocycles. The van der Waals surface area contributed by atoms with Crippen molar-refractivity contribution in [3.05, 3.63) is 30.0 Å². The van der Waals surface area contributed by atoms with Crippen LogP contribution in [0.15, 0.2) is 24.4 Å². The van der Waals surface area contributed by atoms with Crippen LogP contribution < -0.4 is 5.32 Å². The molecular formula is C18H26N2. The fraction of sp³-hybridized carbons (Fsp3) is 0.556. The molecule has 108 valence electrons. The Hall–Kier alpha value is -1.44. The van der Waals surface area contributed by atoms with Crippen molar-refractivity contribution < 1.29 is 0 Å². The number of aromatic nitrogens is 1. The molecule has 1 fully saturated rings. The Labute approximate surface area is 122 Å². The first-order chi connectivity index (χ1) is 9.70. The zero-order valence-corrected chi connectivity index (χ0v) is 12.9. The third-order valence-electron chi connectivity index (χ3n) is 4.85. The van der Waals surface area contributed by atoms with Crippen molar-refractivity contribution >= 4 is 16.6 Å². The average Bonchev–Trinajstić information content (AvgIpc) is 2.84. The lowest BCUT2D eigenvalue weighted by Crippen LogP contribution is -2.20. The molecule has 1 heterocycles. The van der Waals surface area contributed by atoms with Crippen LogP contribution in [0, 0.1) is 12.8 Å². The van der Waals surface area contributed by atoms with Crippen molar-refractivity contribution in [2.75, 3.05) is 11.9 Å². The summed E-state index contributed by atoms with van der Waals surface area (Å²) in [7, 11) is 0. The van der Waals surface area contributed by atoms with Crippen LogP contribution in [0.1, 0.15) is 51.1 Å². The van der Waals surface area contributed by atoms with E-state index in [0.717, 1.165) is 12.5 Å². The van der Waals surface area contributed by atoms with Gasteiger partial charge in [0.1, 0.15) is 0 Å². The molecule has 0 spiro atoms. The van der Waals surface area contributed by atoms with Crippen LogP contribution in [-0.2, 0) is 0 Å². The second-order valence-electron chi connectivity index (χ2n) is 6.31. The van der Waals surface area contributed by atoms with Crippen molar-refractivity contribution in [3.63, 3.8) is 0 Å². The predicted molar refractivity (Wildman–Crippen MR) is 87.5 cm³/mol. The quantitative estimate of drug-likeness (QED) is 0.818. The van der Waals surface area contributed by atoms with Gasteiger partial charge in [0.2, 0.25) is 0 Å². The Balaban J connectivity index is 2.06. The number of hydrogen-bond donors (Lipinski definition) is 1. The van der Waals surface area contributed by atoms with E-state index in [-0.39, 0.29) is 0 Å². The Morgan fingerprint density at radius 1 is 1.25 bits per heavy atom. The van der Waals surface area contributed by atoms with E-state index in [1.54, 1.807) is 0 Å². The molecule has 1 N–H and O–H groups in total. The highest BCUT2D eigenvalue weighted by molar-refractivity contribution is 5.87. The van der Waals surface area contributed by atoms with Crippen molar-refractivity contribution in [1.82, 2.24) is 4.57 Å². The molecule has 1 aliphatic rings. The van der Waals surface area contributed by atoms with Gasteiger partial charge in [0, 0.05) is 29.9 Å². The Morgan fingerprint density at radius 2 is 2.05 bits per heavy atom. The van der Waals surface area contributed by atoms with Crippen molar-refractivity contribution in [2.45, 2.75) is 52.5 Å². The molecular weight excluding hydrogens is 244 g/mol. The van der Waals surface area contributed by atoms with Gasteiger partial charge in [-0.2, -0.15) is 0 Å². The molecule has 3 rings (SSSR count). The van der Waals surface area contributed by atoms with E-state index in [1.807, 2.05) is 0 Å². The average molecular weight is 270 g/mol.